The second kappa shape index (κ2) is 7.86. The number of nitrogens with zero attached hydrogens (tertiary/aromatic N) is 2. The number of rotatable bonds is 3. The van der Waals surface area contributed by atoms with Gasteiger partial charge in [-0.25, -0.2) is 9.97 Å². The van der Waals surface area contributed by atoms with Crippen molar-refractivity contribution in [2.45, 2.75) is 0 Å². The Hall–Kier alpha value is -3.53. The monoisotopic (exact) mass is 448 g/mol. The zero-order valence-corrected chi connectivity index (χ0v) is 18.6. The Bertz CT molecular complexity index is 1570. The second-order valence-corrected chi connectivity index (χ2v) is 9.05. The molecule has 0 amide bonds. The zero-order valence-electron chi connectivity index (χ0n) is 17.0. The summed E-state index contributed by atoms with van der Waals surface area (Å²) >= 11 is 8.30. The summed E-state index contributed by atoms with van der Waals surface area (Å²) in [5.41, 5.74) is 6.12. The molecule has 4 heteroatoms. The highest BCUT2D eigenvalue weighted by atomic mass is 35.5. The van der Waals surface area contributed by atoms with Crippen LogP contribution in [-0.2, 0) is 0 Å². The predicted molar refractivity (Wildman–Crippen MR) is 136 cm³/mol. The molecule has 0 atom stereocenters. The number of hydrogen-bond acceptors (Lipinski definition) is 3. The lowest BCUT2D eigenvalue weighted by Crippen LogP contribution is -1.94. The summed E-state index contributed by atoms with van der Waals surface area (Å²) in [5.74, 6) is 0.704. The maximum absolute atomic E-state index is 6.59. The van der Waals surface area contributed by atoms with Crippen LogP contribution in [0.3, 0.4) is 0 Å². The molecule has 0 aliphatic carbocycles. The SMILES string of the molecule is Clc1ccccc1-c1nc(-c2ccc(-c3ccccc3)cc2)nc2c1sc1ccccc12. The van der Waals surface area contributed by atoms with Gasteiger partial charge in [0.1, 0.15) is 0 Å². The van der Waals surface area contributed by atoms with E-state index in [9.17, 15) is 0 Å². The number of hydrogen-bond donors (Lipinski definition) is 0. The van der Waals surface area contributed by atoms with Gasteiger partial charge in [-0.05, 0) is 23.3 Å². The van der Waals surface area contributed by atoms with E-state index in [1.807, 2.05) is 30.3 Å². The van der Waals surface area contributed by atoms with Crippen molar-refractivity contribution in [1.29, 1.82) is 0 Å². The maximum Gasteiger partial charge on any atom is 0.160 e. The number of aromatic nitrogens is 2. The Morgan fingerprint density at radius 3 is 2.06 bits per heavy atom. The van der Waals surface area contributed by atoms with E-state index >= 15 is 0 Å². The highest BCUT2D eigenvalue weighted by molar-refractivity contribution is 7.26. The highest BCUT2D eigenvalue weighted by Gasteiger charge is 2.17. The Morgan fingerprint density at radius 1 is 0.594 bits per heavy atom. The van der Waals surface area contributed by atoms with Gasteiger partial charge >= 0.3 is 0 Å². The van der Waals surface area contributed by atoms with E-state index in [0.717, 1.165) is 32.4 Å². The van der Waals surface area contributed by atoms with E-state index in [1.54, 1.807) is 11.3 Å². The van der Waals surface area contributed by atoms with Gasteiger partial charge < -0.3 is 0 Å². The number of fused-ring (bicyclic) bond motifs is 3. The van der Waals surface area contributed by atoms with Crippen LogP contribution in [0, 0.1) is 0 Å². The van der Waals surface area contributed by atoms with Crippen LogP contribution in [0.25, 0.3) is 54.1 Å². The van der Waals surface area contributed by atoms with Crippen molar-refractivity contribution in [3.8, 4) is 33.8 Å². The van der Waals surface area contributed by atoms with Gasteiger partial charge in [0.25, 0.3) is 0 Å². The molecule has 6 aromatic rings. The maximum atomic E-state index is 6.59. The predicted octanol–water partition coefficient (Wildman–Crippen LogP) is 8.50. The van der Waals surface area contributed by atoms with Crippen molar-refractivity contribution in [2.75, 3.05) is 0 Å². The minimum Gasteiger partial charge on any atom is -0.226 e. The van der Waals surface area contributed by atoms with E-state index in [1.165, 1.54) is 15.8 Å². The first-order chi connectivity index (χ1) is 15.8. The molecule has 32 heavy (non-hydrogen) atoms. The van der Waals surface area contributed by atoms with Gasteiger partial charge in [-0.15, -0.1) is 11.3 Å². The summed E-state index contributed by atoms with van der Waals surface area (Å²) in [4.78, 5) is 10.0. The van der Waals surface area contributed by atoms with Crippen LogP contribution in [0.5, 0.6) is 0 Å². The topological polar surface area (TPSA) is 25.8 Å². The zero-order chi connectivity index (χ0) is 21.5. The first kappa shape index (κ1) is 19.2. The molecule has 152 valence electrons. The van der Waals surface area contributed by atoms with E-state index < -0.39 is 0 Å². The molecule has 0 aliphatic rings. The highest BCUT2D eigenvalue weighted by Crippen LogP contribution is 2.41. The average Bonchev–Trinajstić information content (AvgIpc) is 3.23. The molecular formula is C28H17ClN2S. The van der Waals surface area contributed by atoms with Gasteiger partial charge in [-0.3, -0.25) is 0 Å². The summed E-state index contributed by atoms with van der Waals surface area (Å²) in [7, 11) is 0. The minimum absolute atomic E-state index is 0.690. The molecule has 2 aromatic heterocycles. The molecule has 6 rings (SSSR count). The second-order valence-electron chi connectivity index (χ2n) is 7.59. The third-order valence-corrected chi connectivity index (χ3v) is 7.10. The molecule has 0 bridgehead atoms. The van der Waals surface area contributed by atoms with Crippen molar-refractivity contribution in [2.24, 2.45) is 0 Å². The molecule has 4 aromatic carbocycles. The lowest BCUT2D eigenvalue weighted by molar-refractivity contribution is 1.24. The van der Waals surface area contributed by atoms with Gasteiger partial charge in [-0.2, -0.15) is 0 Å². The van der Waals surface area contributed by atoms with Gasteiger partial charge in [0, 0.05) is 21.2 Å². The van der Waals surface area contributed by atoms with Gasteiger partial charge in [-0.1, -0.05) is 103 Å². The quantitative estimate of drug-likeness (QED) is 0.271. The van der Waals surface area contributed by atoms with Crippen molar-refractivity contribution in [1.82, 2.24) is 9.97 Å². The minimum atomic E-state index is 0.690. The van der Waals surface area contributed by atoms with Crippen molar-refractivity contribution in [3.63, 3.8) is 0 Å². The van der Waals surface area contributed by atoms with E-state index in [2.05, 4.69) is 72.8 Å². The van der Waals surface area contributed by atoms with Crippen LogP contribution in [0.4, 0.5) is 0 Å². The molecule has 0 radical (unpaired) electrons. The average molecular weight is 449 g/mol. The fraction of sp³-hybridized carbons (Fsp3) is 0. The summed E-state index contributed by atoms with van der Waals surface area (Å²) in [6.07, 6.45) is 0. The molecule has 0 spiro atoms. The van der Waals surface area contributed by atoms with Crippen molar-refractivity contribution in [3.05, 3.63) is 108 Å². The molecule has 0 saturated heterocycles. The first-order valence-corrected chi connectivity index (χ1v) is 11.6. The molecule has 2 heterocycles. The number of thiophene rings is 1. The molecule has 0 N–H and O–H groups in total. The Kier molecular flexibility index (Phi) is 4.71. The fourth-order valence-electron chi connectivity index (χ4n) is 4.00. The van der Waals surface area contributed by atoms with Crippen LogP contribution < -0.4 is 0 Å². The normalized spacial score (nSPS) is 11.3. The third kappa shape index (κ3) is 3.27. The third-order valence-electron chi connectivity index (χ3n) is 5.60. The number of halogens is 1. The van der Waals surface area contributed by atoms with Gasteiger partial charge in [0.2, 0.25) is 0 Å². The molecular weight excluding hydrogens is 432 g/mol. The molecule has 0 unspecified atom stereocenters. The van der Waals surface area contributed by atoms with Gasteiger partial charge in [0.15, 0.2) is 5.82 Å². The lowest BCUT2D eigenvalue weighted by atomic mass is 10.0. The summed E-state index contributed by atoms with van der Waals surface area (Å²) in [5, 5.41) is 1.83. The van der Waals surface area contributed by atoms with Gasteiger partial charge in [0.05, 0.1) is 20.9 Å². The first-order valence-electron chi connectivity index (χ1n) is 10.4. The Labute approximate surface area is 194 Å². The summed E-state index contributed by atoms with van der Waals surface area (Å²) in [6, 6.07) is 35.0. The van der Waals surface area contributed by atoms with E-state index in [0.29, 0.717) is 10.8 Å². The summed E-state index contributed by atoms with van der Waals surface area (Å²) < 4.78 is 2.26. The van der Waals surface area contributed by atoms with E-state index in [4.69, 9.17) is 21.6 Å². The van der Waals surface area contributed by atoms with Crippen LogP contribution in [0.2, 0.25) is 5.02 Å². The van der Waals surface area contributed by atoms with E-state index in [-0.39, 0.29) is 0 Å². The standard InChI is InChI=1S/C28H17ClN2S/c29-23-12-6-4-10-21(23)25-27-26(22-11-5-7-13-24(22)32-27)31-28(30-25)20-16-14-19(15-17-20)18-8-2-1-3-9-18/h1-17H. The molecule has 0 saturated carbocycles. The van der Waals surface area contributed by atoms with Crippen LogP contribution in [0.15, 0.2) is 103 Å². The largest absolute Gasteiger partial charge is 0.226 e. The van der Waals surface area contributed by atoms with Crippen LogP contribution >= 0.6 is 22.9 Å². The smallest absolute Gasteiger partial charge is 0.160 e. The lowest BCUT2D eigenvalue weighted by Gasteiger charge is -2.09. The molecule has 0 aliphatic heterocycles. The Morgan fingerprint density at radius 2 is 1.25 bits per heavy atom. The summed E-state index contributed by atoms with van der Waals surface area (Å²) in [6.45, 7) is 0. The Balaban J connectivity index is 1.58. The van der Waals surface area contributed by atoms with Crippen molar-refractivity contribution >= 4 is 43.2 Å². The molecule has 2 nitrogen and oxygen atoms in total. The van der Waals surface area contributed by atoms with Crippen molar-refractivity contribution < 1.29 is 0 Å². The van der Waals surface area contributed by atoms with Crippen LogP contribution in [0.1, 0.15) is 0 Å². The molecule has 0 fully saturated rings. The van der Waals surface area contributed by atoms with Crippen LogP contribution in [-0.4, -0.2) is 9.97 Å². The number of benzene rings is 4. The fourth-order valence-corrected chi connectivity index (χ4v) is 5.37.